The molecule has 0 spiro atoms. The summed E-state index contributed by atoms with van der Waals surface area (Å²) in [6.45, 7) is 6.15. The molecule has 2 N–H and O–H groups in total. The Morgan fingerprint density at radius 1 is 0.963 bits per heavy atom. The third-order valence-corrected chi connectivity index (χ3v) is 3.70. The van der Waals surface area contributed by atoms with Crippen LogP contribution in [0, 0.1) is 13.8 Å². The fourth-order valence-electron chi connectivity index (χ4n) is 2.39. The molecule has 0 saturated carbocycles. The highest BCUT2D eigenvalue weighted by Gasteiger charge is 2.07. The predicted molar refractivity (Wildman–Crippen MR) is 104 cm³/mol. The Bertz CT molecular complexity index is 793. The molecule has 2 amide bonds. The quantitative estimate of drug-likeness (QED) is 0.582. The lowest BCUT2D eigenvalue weighted by Crippen LogP contribution is -2.43. The minimum absolute atomic E-state index is 0.186. The Kier molecular flexibility index (Phi) is 7.43. The Labute approximate surface area is 159 Å². The van der Waals surface area contributed by atoms with Gasteiger partial charge in [-0.05, 0) is 55.7 Å². The van der Waals surface area contributed by atoms with Gasteiger partial charge in [-0.3, -0.25) is 20.4 Å². The van der Waals surface area contributed by atoms with Crippen molar-refractivity contribution in [1.82, 2.24) is 10.9 Å². The smallest absolute Gasteiger partial charge is 0.276 e. The molecular weight excluding hydrogens is 344 g/mol. The first-order valence-corrected chi connectivity index (χ1v) is 8.68. The number of rotatable bonds is 7. The largest absolute Gasteiger partial charge is 0.494 e. The average Bonchev–Trinajstić information content (AvgIpc) is 2.65. The van der Waals surface area contributed by atoms with Gasteiger partial charge in [0.1, 0.15) is 11.5 Å². The number of para-hydroxylation sites is 1. The van der Waals surface area contributed by atoms with Gasteiger partial charge in [0.05, 0.1) is 6.61 Å². The van der Waals surface area contributed by atoms with Gasteiger partial charge >= 0.3 is 0 Å². The molecule has 27 heavy (non-hydrogen) atoms. The molecule has 6 heteroatoms. The van der Waals surface area contributed by atoms with Crippen molar-refractivity contribution in [2.75, 3.05) is 13.2 Å². The summed E-state index contributed by atoms with van der Waals surface area (Å²) in [6, 6.07) is 13.1. The molecule has 142 valence electrons. The Hall–Kier alpha value is -3.28. The van der Waals surface area contributed by atoms with E-state index in [0.717, 1.165) is 22.4 Å². The first-order valence-electron chi connectivity index (χ1n) is 8.68. The summed E-state index contributed by atoms with van der Waals surface area (Å²) < 4.78 is 10.9. The molecule has 0 atom stereocenters. The summed E-state index contributed by atoms with van der Waals surface area (Å²) in [5, 5.41) is 0. The fourth-order valence-corrected chi connectivity index (χ4v) is 2.39. The number of hydrazine groups is 1. The van der Waals surface area contributed by atoms with E-state index in [0.29, 0.717) is 12.4 Å². The van der Waals surface area contributed by atoms with Crippen LogP contribution in [-0.2, 0) is 9.59 Å². The van der Waals surface area contributed by atoms with E-state index in [1.807, 2.05) is 63.2 Å². The lowest BCUT2D eigenvalue weighted by Gasteiger charge is -2.11. The second-order valence-electron chi connectivity index (χ2n) is 5.88. The van der Waals surface area contributed by atoms with Crippen molar-refractivity contribution in [3.63, 3.8) is 0 Å². The maximum Gasteiger partial charge on any atom is 0.276 e. The molecule has 0 aromatic heterocycles. The van der Waals surface area contributed by atoms with Crippen molar-refractivity contribution in [2.45, 2.75) is 20.8 Å². The zero-order valence-electron chi connectivity index (χ0n) is 15.7. The second-order valence-corrected chi connectivity index (χ2v) is 5.88. The molecule has 0 radical (unpaired) electrons. The molecule has 0 aliphatic rings. The normalized spacial score (nSPS) is 10.5. The van der Waals surface area contributed by atoms with E-state index in [2.05, 4.69) is 10.9 Å². The zero-order valence-corrected chi connectivity index (χ0v) is 15.7. The van der Waals surface area contributed by atoms with E-state index in [1.54, 1.807) is 6.08 Å². The third-order valence-electron chi connectivity index (χ3n) is 3.70. The van der Waals surface area contributed by atoms with Crippen LogP contribution >= 0.6 is 0 Å². The molecule has 0 unspecified atom stereocenters. The van der Waals surface area contributed by atoms with Crippen LogP contribution in [0.4, 0.5) is 0 Å². The number of nitrogens with one attached hydrogen (secondary N) is 2. The number of aryl methyl sites for hydroxylation is 2. The molecule has 0 fully saturated rings. The molecule has 0 bridgehead atoms. The molecule has 0 saturated heterocycles. The lowest BCUT2D eigenvalue weighted by atomic mass is 10.1. The number of benzene rings is 2. The highest BCUT2D eigenvalue weighted by molar-refractivity contribution is 5.93. The maximum absolute atomic E-state index is 11.8. The van der Waals surface area contributed by atoms with E-state index >= 15 is 0 Å². The molecule has 2 rings (SSSR count). The van der Waals surface area contributed by atoms with E-state index in [4.69, 9.17) is 9.47 Å². The van der Waals surface area contributed by atoms with Crippen LogP contribution in [-0.4, -0.2) is 25.0 Å². The topological polar surface area (TPSA) is 76.7 Å². The number of hydrogen-bond acceptors (Lipinski definition) is 4. The first-order chi connectivity index (χ1) is 13.0. The van der Waals surface area contributed by atoms with Gasteiger partial charge in [-0.1, -0.05) is 30.3 Å². The van der Waals surface area contributed by atoms with Crippen molar-refractivity contribution >= 4 is 17.9 Å². The van der Waals surface area contributed by atoms with Crippen LogP contribution in [0.5, 0.6) is 11.5 Å². The summed E-state index contributed by atoms with van der Waals surface area (Å²) in [4.78, 5) is 23.6. The predicted octanol–water partition coefficient (Wildman–Crippen LogP) is 2.94. The Morgan fingerprint density at radius 2 is 1.63 bits per heavy atom. The van der Waals surface area contributed by atoms with Crippen molar-refractivity contribution in [3.05, 3.63) is 65.2 Å². The monoisotopic (exact) mass is 368 g/mol. The van der Waals surface area contributed by atoms with Crippen LogP contribution in [0.2, 0.25) is 0 Å². The summed E-state index contributed by atoms with van der Waals surface area (Å²) in [5.41, 5.74) is 7.38. The zero-order chi connectivity index (χ0) is 19.6. The molecular formula is C21H24N2O4. The standard InChI is InChI=1S/C21H24N2O4/c1-4-26-18-11-8-17(9-12-18)10-13-19(24)22-23-20(25)14-27-21-15(2)6-5-7-16(21)3/h5-13H,4,14H2,1-3H3,(H,22,24)(H,23,25)/b13-10+. The summed E-state index contributed by atoms with van der Waals surface area (Å²) in [7, 11) is 0. The number of ether oxygens (including phenoxy) is 2. The molecule has 2 aromatic rings. The van der Waals surface area contributed by atoms with Gasteiger partial charge in [-0.25, -0.2) is 0 Å². The maximum atomic E-state index is 11.8. The number of hydrogen-bond donors (Lipinski definition) is 2. The van der Waals surface area contributed by atoms with Gasteiger partial charge < -0.3 is 9.47 Å². The Balaban J connectivity index is 1.76. The lowest BCUT2D eigenvalue weighted by molar-refractivity contribution is -0.128. The van der Waals surface area contributed by atoms with Gasteiger partial charge in [-0.2, -0.15) is 0 Å². The number of carbonyl (C=O) groups excluding carboxylic acids is 2. The minimum Gasteiger partial charge on any atom is -0.494 e. The van der Waals surface area contributed by atoms with E-state index in [1.165, 1.54) is 6.08 Å². The summed E-state index contributed by atoms with van der Waals surface area (Å²) in [5.74, 6) is 0.564. The highest BCUT2D eigenvalue weighted by atomic mass is 16.5. The van der Waals surface area contributed by atoms with Gasteiger partial charge in [0, 0.05) is 6.08 Å². The van der Waals surface area contributed by atoms with Crippen molar-refractivity contribution in [3.8, 4) is 11.5 Å². The van der Waals surface area contributed by atoms with E-state index < -0.39 is 11.8 Å². The van der Waals surface area contributed by atoms with Crippen LogP contribution in [0.15, 0.2) is 48.5 Å². The van der Waals surface area contributed by atoms with Crippen LogP contribution in [0.1, 0.15) is 23.6 Å². The van der Waals surface area contributed by atoms with Gasteiger partial charge in [0.25, 0.3) is 11.8 Å². The average molecular weight is 368 g/mol. The van der Waals surface area contributed by atoms with Crippen molar-refractivity contribution in [2.24, 2.45) is 0 Å². The van der Waals surface area contributed by atoms with Crippen LogP contribution < -0.4 is 20.3 Å². The van der Waals surface area contributed by atoms with Gasteiger partial charge in [0.2, 0.25) is 0 Å². The van der Waals surface area contributed by atoms with Gasteiger partial charge in [-0.15, -0.1) is 0 Å². The number of carbonyl (C=O) groups is 2. The summed E-state index contributed by atoms with van der Waals surface area (Å²) in [6.07, 6.45) is 2.98. The molecule has 0 heterocycles. The van der Waals surface area contributed by atoms with E-state index in [9.17, 15) is 9.59 Å². The molecule has 0 aliphatic carbocycles. The SMILES string of the molecule is CCOc1ccc(/C=C/C(=O)NNC(=O)COc2c(C)cccc2C)cc1. The third kappa shape index (κ3) is 6.51. The summed E-state index contributed by atoms with van der Waals surface area (Å²) >= 11 is 0. The van der Waals surface area contributed by atoms with Crippen molar-refractivity contribution < 1.29 is 19.1 Å². The molecule has 6 nitrogen and oxygen atoms in total. The molecule has 0 aliphatic heterocycles. The van der Waals surface area contributed by atoms with Crippen LogP contribution in [0.3, 0.4) is 0 Å². The minimum atomic E-state index is -0.444. The second kappa shape index (κ2) is 10.0. The molecule has 2 aromatic carbocycles. The first kappa shape index (κ1) is 20.0. The highest BCUT2D eigenvalue weighted by Crippen LogP contribution is 2.21. The fraction of sp³-hybridized carbons (Fsp3) is 0.238. The Morgan fingerprint density at radius 3 is 2.26 bits per heavy atom. The van der Waals surface area contributed by atoms with Gasteiger partial charge in [0.15, 0.2) is 6.61 Å². The van der Waals surface area contributed by atoms with Crippen LogP contribution in [0.25, 0.3) is 6.08 Å². The number of amides is 2. The van der Waals surface area contributed by atoms with E-state index in [-0.39, 0.29) is 6.61 Å². The van der Waals surface area contributed by atoms with Crippen molar-refractivity contribution in [1.29, 1.82) is 0 Å².